The predicted molar refractivity (Wildman–Crippen MR) is 76.8 cm³/mol. The van der Waals surface area contributed by atoms with Crippen molar-refractivity contribution in [3.8, 4) is 0 Å². The van der Waals surface area contributed by atoms with Gasteiger partial charge in [0.1, 0.15) is 11.7 Å². The van der Waals surface area contributed by atoms with Gasteiger partial charge in [-0.15, -0.1) is 0 Å². The second kappa shape index (κ2) is 4.80. The smallest absolute Gasteiger partial charge is 0.139 e. The van der Waals surface area contributed by atoms with E-state index in [9.17, 15) is 0 Å². The van der Waals surface area contributed by atoms with Crippen LogP contribution < -0.4 is 10.6 Å². The van der Waals surface area contributed by atoms with E-state index in [1.165, 1.54) is 17.7 Å². The van der Waals surface area contributed by atoms with E-state index in [1.54, 1.807) is 0 Å². The van der Waals surface area contributed by atoms with E-state index in [2.05, 4.69) is 11.0 Å². The Balaban J connectivity index is 2.02. The van der Waals surface area contributed by atoms with Crippen LogP contribution in [0.25, 0.3) is 0 Å². The Bertz CT molecular complexity index is 480. The molecule has 0 bridgehead atoms. The molecule has 96 valence electrons. The standard InChI is InChI=1S/C13H18N4S/c14-12(15)10-8-9-2-1-3-11(9)16-13(10)17-4-6-18-7-5-17/h8H,1-7H2,(H3,14,15). The van der Waals surface area contributed by atoms with Gasteiger partial charge in [0.15, 0.2) is 0 Å². The molecule has 1 aromatic rings. The molecule has 1 aromatic heterocycles. The summed E-state index contributed by atoms with van der Waals surface area (Å²) in [5.41, 5.74) is 9.05. The van der Waals surface area contributed by atoms with Gasteiger partial charge < -0.3 is 10.6 Å². The number of amidine groups is 1. The fourth-order valence-electron chi connectivity index (χ4n) is 2.68. The largest absolute Gasteiger partial charge is 0.384 e. The average molecular weight is 262 g/mol. The number of thioether (sulfide) groups is 1. The zero-order valence-electron chi connectivity index (χ0n) is 10.4. The molecule has 1 aliphatic heterocycles. The molecule has 1 aliphatic carbocycles. The molecule has 3 N–H and O–H groups in total. The van der Waals surface area contributed by atoms with E-state index in [0.717, 1.165) is 48.8 Å². The Morgan fingerprint density at radius 3 is 2.83 bits per heavy atom. The lowest BCUT2D eigenvalue weighted by atomic mass is 10.1. The molecule has 0 radical (unpaired) electrons. The SMILES string of the molecule is N=C(N)c1cc2c(nc1N1CCSCC1)CCC2. The van der Waals surface area contributed by atoms with Crippen molar-refractivity contribution in [1.82, 2.24) is 4.98 Å². The molecule has 0 unspecified atom stereocenters. The van der Waals surface area contributed by atoms with Gasteiger partial charge in [-0.2, -0.15) is 11.8 Å². The molecule has 2 aliphatic rings. The molecule has 0 aromatic carbocycles. The number of rotatable bonds is 2. The zero-order valence-corrected chi connectivity index (χ0v) is 11.2. The summed E-state index contributed by atoms with van der Waals surface area (Å²) < 4.78 is 0. The molecule has 1 fully saturated rings. The average Bonchev–Trinajstić information content (AvgIpc) is 2.85. The highest BCUT2D eigenvalue weighted by atomic mass is 32.2. The third-order valence-corrected chi connectivity index (χ3v) is 4.57. The van der Waals surface area contributed by atoms with Gasteiger partial charge in [-0.1, -0.05) is 0 Å². The van der Waals surface area contributed by atoms with Crippen LogP contribution in [-0.2, 0) is 12.8 Å². The molecule has 0 atom stereocenters. The molecule has 0 saturated carbocycles. The number of pyridine rings is 1. The minimum Gasteiger partial charge on any atom is -0.384 e. The van der Waals surface area contributed by atoms with Gasteiger partial charge in [-0.3, -0.25) is 5.41 Å². The van der Waals surface area contributed by atoms with E-state index < -0.39 is 0 Å². The first-order valence-corrected chi connectivity index (χ1v) is 7.61. The van der Waals surface area contributed by atoms with Gasteiger partial charge in [-0.25, -0.2) is 4.98 Å². The summed E-state index contributed by atoms with van der Waals surface area (Å²) >= 11 is 1.98. The molecule has 3 rings (SSSR count). The van der Waals surface area contributed by atoms with Crippen LogP contribution in [0.15, 0.2) is 6.07 Å². The van der Waals surface area contributed by atoms with Crippen molar-refractivity contribution < 1.29 is 0 Å². The van der Waals surface area contributed by atoms with Crippen molar-refractivity contribution in [3.63, 3.8) is 0 Å². The van der Waals surface area contributed by atoms with Crippen LogP contribution in [0.5, 0.6) is 0 Å². The van der Waals surface area contributed by atoms with E-state index >= 15 is 0 Å². The minimum atomic E-state index is 0.144. The summed E-state index contributed by atoms with van der Waals surface area (Å²) in [6.45, 7) is 2.02. The van der Waals surface area contributed by atoms with E-state index in [0.29, 0.717) is 0 Å². The highest BCUT2D eigenvalue weighted by molar-refractivity contribution is 7.99. The summed E-state index contributed by atoms with van der Waals surface area (Å²) in [5, 5.41) is 7.76. The number of aryl methyl sites for hydroxylation is 2. The Labute approximate surface area is 111 Å². The zero-order chi connectivity index (χ0) is 12.5. The number of nitrogens with zero attached hydrogens (tertiary/aromatic N) is 2. The van der Waals surface area contributed by atoms with Gasteiger partial charge in [0.05, 0.1) is 5.56 Å². The second-order valence-electron chi connectivity index (χ2n) is 4.83. The van der Waals surface area contributed by atoms with Crippen LogP contribution in [0.3, 0.4) is 0 Å². The molecule has 2 heterocycles. The number of aromatic nitrogens is 1. The fourth-order valence-corrected chi connectivity index (χ4v) is 3.58. The normalized spacial score (nSPS) is 18.8. The van der Waals surface area contributed by atoms with Crippen molar-refractivity contribution in [2.24, 2.45) is 5.73 Å². The van der Waals surface area contributed by atoms with Crippen molar-refractivity contribution in [2.45, 2.75) is 19.3 Å². The lowest BCUT2D eigenvalue weighted by Crippen LogP contribution is -2.35. The molecule has 4 nitrogen and oxygen atoms in total. The Morgan fingerprint density at radius 1 is 1.33 bits per heavy atom. The Hall–Kier alpha value is -1.23. The first kappa shape index (κ1) is 11.8. The summed E-state index contributed by atoms with van der Waals surface area (Å²) in [6.07, 6.45) is 3.33. The van der Waals surface area contributed by atoms with Crippen molar-refractivity contribution in [2.75, 3.05) is 29.5 Å². The topological polar surface area (TPSA) is 66.0 Å². The number of nitrogens with one attached hydrogen (secondary N) is 1. The lowest BCUT2D eigenvalue weighted by Gasteiger charge is -2.29. The highest BCUT2D eigenvalue weighted by Crippen LogP contribution is 2.28. The third-order valence-electron chi connectivity index (χ3n) is 3.63. The fraction of sp³-hybridized carbons (Fsp3) is 0.538. The summed E-state index contributed by atoms with van der Waals surface area (Å²) in [6, 6.07) is 2.09. The highest BCUT2D eigenvalue weighted by Gasteiger charge is 2.22. The van der Waals surface area contributed by atoms with Crippen LogP contribution in [0.2, 0.25) is 0 Å². The number of nitrogens with two attached hydrogens (primary N) is 1. The van der Waals surface area contributed by atoms with E-state index in [1.807, 2.05) is 11.8 Å². The minimum absolute atomic E-state index is 0.144. The Kier molecular flexibility index (Phi) is 3.16. The first-order chi connectivity index (χ1) is 8.75. The maximum absolute atomic E-state index is 7.76. The van der Waals surface area contributed by atoms with Crippen molar-refractivity contribution in [3.05, 3.63) is 22.9 Å². The molecule has 18 heavy (non-hydrogen) atoms. The molecule has 0 spiro atoms. The summed E-state index contributed by atoms with van der Waals surface area (Å²) in [5.74, 6) is 3.35. The summed E-state index contributed by atoms with van der Waals surface area (Å²) in [7, 11) is 0. The van der Waals surface area contributed by atoms with Crippen molar-refractivity contribution >= 4 is 23.4 Å². The number of hydrogen-bond donors (Lipinski definition) is 2. The maximum atomic E-state index is 7.76. The predicted octanol–water partition coefficient (Wildman–Crippen LogP) is 1.41. The first-order valence-electron chi connectivity index (χ1n) is 6.45. The van der Waals surface area contributed by atoms with E-state index in [4.69, 9.17) is 16.1 Å². The number of anilines is 1. The van der Waals surface area contributed by atoms with Crippen LogP contribution in [0, 0.1) is 5.41 Å². The number of fused-ring (bicyclic) bond motifs is 1. The van der Waals surface area contributed by atoms with Crippen LogP contribution in [0.1, 0.15) is 23.2 Å². The van der Waals surface area contributed by atoms with Gasteiger partial charge >= 0.3 is 0 Å². The maximum Gasteiger partial charge on any atom is 0.139 e. The third kappa shape index (κ3) is 2.07. The molecule has 5 heteroatoms. The van der Waals surface area contributed by atoms with Crippen LogP contribution in [0.4, 0.5) is 5.82 Å². The molecule has 0 amide bonds. The van der Waals surface area contributed by atoms with Crippen molar-refractivity contribution in [1.29, 1.82) is 5.41 Å². The quantitative estimate of drug-likeness (QED) is 0.625. The van der Waals surface area contributed by atoms with Gasteiger partial charge in [0.25, 0.3) is 0 Å². The van der Waals surface area contributed by atoms with E-state index in [-0.39, 0.29) is 5.84 Å². The summed E-state index contributed by atoms with van der Waals surface area (Å²) in [4.78, 5) is 7.08. The van der Waals surface area contributed by atoms with Crippen LogP contribution >= 0.6 is 11.8 Å². The Morgan fingerprint density at radius 2 is 2.11 bits per heavy atom. The lowest BCUT2D eigenvalue weighted by molar-refractivity contribution is 0.828. The van der Waals surface area contributed by atoms with Gasteiger partial charge in [0.2, 0.25) is 0 Å². The number of nitrogen functional groups attached to an aromatic ring is 1. The van der Waals surface area contributed by atoms with Crippen LogP contribution in [-0.4, -0.2) is 35.4 Å². The second-order valence-corrected chi connectivity index (χ2v) is 6.06. The molecular weight excluding hydrogens is 244 g/mol. The molecular formula is C13H18N4S. The van der Waals surface area contributed by atoms with Gasteiger partial charge in [0, 0.05) is 30.3 Å². The molecule has 1 saturated heterocycles. The number of hydrogen-bond acceptors (Lipinski definition) is 4. The monoisotopic (exact) mass is 262 g/mol. The van der Waals surface area contributed by atoms with Gasteiger partial charge in [-0.05, 0) is 30.9 Å².